The van der Waals surface area contributed by atoms with Crippen LogP contribution >= 0.6 is 39.7 Å². The monoisotopic (exact) mass is 373 g/mol. The normalized spacial score (nSPS) is 15.8. The van der Waals surface area contributed by atoms with Gasteiger partial charge in [0.25, 0.3) is 0 Å². The first-order valence-corrected chi connectivity index (χ1v) is 8.07. The summed E-state index contributed by atoms with van der Waals surface area (Å²) >= 11 is 5.44. The van der Waals surface area contributed by atoms with Crippen LogP contribution < -0.4 is 0 Å². The summed E-state index contributed by atoms with van der Waals surface area (Å²) in [6.07, 6.45) is 0. The van der Waals surface area contributed by atoms with Crippen LogP contribution in [0.5, 0.6) is 0 Å². The van der Waals surface area contributed by atoms with Gasteiger partial charge in [-0.25, -0.2) is 0 Å². The van der Waals surface area contributed by atoms with Gasteiger partial charge in [-0.1, -0.05) is 30.3 Å². The van der Waals surface area contributed by atoms with Crippen LogP contribution in [0.1, 0.15) is 5.56 Å². The Morgan fingerprint density at radius 1 is 1.15 bits per heavy atom. The third-order valence-corrected chi connectivity index (χ3v) is 5.04. The van der Waals surface area contributed by atoms with Gasteiger partial charge in [0.05, 0.1) is 17.0 Å². The van der Waals surface area contributed by atoms with Crippen molar-refractivity contribution in [3.05, 3.63) is 45.7 Å². The lowest BCUT2D eigenvalue weighted by Crippen LogP contribution is -2.35. The summed E-state index contributed by atoms with van der Waals surface area (Å²) in [6, 6.07) is 12.9. The first-order valence-electron chi connectivity index (χ1n) is 6.46. The summed E-state index contributed by atoms with van der Waals surface area (Å²) in [4.78, 5) is 3.84. The summed E-state index contributed by atoms with van der Waals surface area (Å²) in [5, 5.41) is 0. The van der Waals surface area contributed by atoms with Crippen LogP contribution in [0.15, 0.2) is 40.2 Å². The zero-order chi connectivity index (χ0) is 13.1. The van der Waals surface area contributed by atoms with Crippen LogP contribution in [0.4, 0.5) is 0 Å². The van der Waals surface area contributed by atoms with Gasteiger partial charge in [0, 0.05) is 24.5 Å². The second-order valence-electron chi connectivity index (χ2n) is 4.66. The molecule has 2 nitrogen and oxygen atoms in total. The first kappa shape index (κ1) is 16.0. The highest BCUT2D eigenvalue weighted by molar-refractivity contribution is 9.11. The van der Waals surface area contributed by atoms with E-state index in [-0.39, 0.29) is 12.4 Å². The van der Waals surface area contributed by atoms with Crippen LogP contribution in [-0.4, -0.2) is 31.2 Å². The molecule has 1 saturated heterocycles. The third-order valence-electron chi connectivity index (χ3n) is 3.31. The van der Waals surface area contributed by atoms with Gasteiger partial charge in [-0.05, 0) is 33.1 Å². The van der Waals surface area contributed by atoms with Gasteiger partial charge in [-0.15, -0.1) is 23.7 Å². The predicted molar refractivity (Wildman–Crippen MR) is 90.8 cm³/mol. The lowest BCUT2D eigenvalue weighted by atomic mass is 10.1. The lowest BCUT2D eigenvalue weighted by molar-refractivity contribution is 0.0343. The van der Waals surface area contributed by atoms with E-state index in [0.29, 0.717) is 0 Å². The number of benzene rings is 1. The summed E-state index contributed by atoms with van der Waals surface area (Å²) in [6.45, 7) is 4.77. The Bertz CT molecular complexity index is 540. The van der Waals surface area contributed by atoms with Crippen LogP contribution in [0.2, 0.25) is 0 Å². The molecule has 1 fully saturated rings. The van der Waals surface area contributed by atoms with Crippen molar-refractivity contribution >= 4 is 39.7 Å². The minimum atomic E-state index is 0. The Morgan fingerprint density at radius 2 is 1.85 bits per heavy atom. The van der Waals surface area contributed by atoms with Crippen LogP contribution in [0, 0.1) is 0 Å². The molecule has 5 heteroatoms. The number of hydrogen-bond donors (Lipinski definition) is 0. The van der Waals surface area contributed by atoms with Gasteiger partial charge in [0.2, 0.25) is 0 Å². The van der Waals surface area contributed by atoms with Crippen molar-refractivity contribution in [3.63, 3.8) is 0 Å². The number of nitrogens with zero attached hydrogens (tertiary/aromatic N) is 1. The van der Waals surface area contributed by atoms with Crippen LogP contribution in [-0.2, 0) is 11.3 Å². The standard InChI is InChI=1S/C15H16BrNOS.ClH/c16-14-10-13(11-17-6-8-18-9-7-17)15(19-14)12-4-2-1-3-5-12;/h1-5,10H,6-9,11H2;1H. The summed E-state index contributed by atoms with van der Waals surface area (Å²) < 4.78 is 6.61. The maximum Gasteiger partial charge on any atom is 0.0708 e. The second kappa shape index (κ2) is 7.57. The van der Waals surface area contributed by atoms with Gasteiger partial charge in [0.15, 0.2) is 0 Å². The van der Waals surface area contributed by atoms with Crippen molar-refractivity contribution in [2.24, 2.45) is 0 Å². The molecule has 0 N–H and O–H groups in total. The molecule has 0 spiro atoms. The molecule has 0 unspecified atom stereocenters. The third kappa shape index (κ3) is 3.83. The molecule has 2 heterocycles. The van der Waals surface area contributed by atoms with E-state index in [1.807, 2.05) is 11.3 Å². The lowest BCUT2D eigenvalue weighted by Gasteiger charge is -2.26. The predicted octanol–water partition coefficient (Wildman–Crippen LogP) is 4.43. The fourth-order valence-electron chi connectivity index (χ4n) is 2.35. The molecule has 0 saturated carbocycles. The summed E-state index contributed by atoms with van der Waals surface area (Å²) in [7, 11) is 0. The number of ether oxygens (including phenoxy) is 1. The Balaban J connectivity index is 0.00000147. The number of rotatable bonds is 3. The van der Waals surface area contributed by atoms with Gasteiger partial charge < -0.3 is 4.74 Å². The molecule has 3 rings (SSSR count). The average Bonchev–Trinajstić information content (AvgIpc) is 2.82. The second-order valence-corrected chi connectivity index (χ2v) is 7.09. The molecule has 0 bridgehead atoms. The molecule has 0 atom stereocenters. The zero-order valence-corrected chi connectivity index (χ0v) is 14.3. The highest BCUT2D eigenvalue weighted by atomic mass is 79.9. The summed E-state index contributed by atoms with van der Waals surface area (Å²) in [5.41, 5.74) is 2.71. The van der Waals surface area contributed by atoms with E-state index in [9.17, 15) is 0 Å². The van der Waals surface area contributed by atoms with Gasteiger partial charge >= 0.3 is 0 Å². The maximum atomic E-state index is 5.41. The molecule has 1 aromatic carbocycles. The molecule has 0 aliphatic carbocycles. The molecule has 0 radical (unpaired) electrons. The molecular formula is C15H17BrClNOS. The average molecular weight is 375 g/mol. The van der Waals surface area contributed by atoms with E-state index in [1.54, 1.807) is 0 Å². The van der Waals surface area contributed by atoms with E-state index in [4.69, 9.17) is 4.74 Å². The Labute approximate surface area is 138 Å². The number of hydrogen-bond acceptors (Lipinski definition) is 3. The van der Waals surface area contributed by atoms with E-state index < -0.39 is 0 Å². The Kier molecular flexibility index (Phi) is 6.05. The zero-order valence-electron chi connectivity index (χ0n) is 11.0. The SMILES string of the molecule is Brc1cc(CN2CCOCC2)c(-c2ccccc2)s1.Cl. The van der Waals surface area contributed by atoms with E-state index >= 15 is 0 Å². The smallest absolute Gasteiger partial charge is 0.0708 e. The molecule has 1 aliphatic rings. The van der Waals surface area contributed by atoms with Crippen molar-refractivity contribution < 1.29 is 4.74 Å². The Morgan fingerprint density at radius 3 is 2.55 bits per heavy atom. The molecule has 0 amide bonds. The maximum absolute atomic E-state index is 5.41. The van der Waals surface area contributed by atoms with Crippen molar-refractivity contribution in [2.75, 3.05) is 26.3 Å². The summed E-state index contributed by atoms with van der Waals surface area (Å²) in [5.74, 6) is 0. The fraction of sp³-hybridized carbons (Fsp3) is 0.333. The quantitative estimate of drug-likeness (QED) is 0.788. The highest BCUT2D eigenvalue weighted by Gasteiger charge is 2.15. The highest BCUT2D eigenvalue weighted by Crippen LogP contribution is 2.36. The van der Waals surface area contributed by atoms with Crippen molar-refractivity contribution in [3.8, 4) is 10.4 Å². The topological polar surface area (TPSA) is 12.5 Å². The van der Waals surface area contributed by atoms with Crippen LogP contribution in [0.25, 0.3) is 10.4 Å². The molecule has 20 heavy (non-hydrogen) atoms. The van der Waals surface area contributed by atoms with E-state index in [2.05, 4.69) is 57.2 Å². The van der Waals surface area contributed by atoms with Crippen molar-refractivity contribution in [2.45, 2.75) is 6.54 Å². The van der Waals surface area contributed by atoms with E-state index in [0.717, 1.165) is 32.8 Å². The molecule has 1 aliphatic heterocycles. The first-order chi connectivity index (χ1) is 9.33. The largest absolute Gasteiger partial charge is 0.379 e. The van der Waals surface area contributed by atoms with Crippen molar-refractivity contribution in [1.82, 2.24) is 4.90 Å². The fourth-order valence-corrected chi connectivity index (χ4v) is 4.01. The van der Waals surface area contributed by atoms with Gasteiger partial charge in [0.1, 0.15) is 0 Å². The number of thiophene rings is 1. The van der Waals surface area contributed by atoms with Gasteiger partial charge in [-0.2, -0.15) is 0 Å². The van der Waals surface area contributed by atoms with Crippen molar-refractivity contribution in [1.29, 1.82) is 0 Å². The molecule has 2 aromatic rings. The van der Waals surface area contributed by atoms with Gasteiger partial charge in [-0.3, -0.25) is 4.90 Å². The number of halogens is 2. The van der Waals surface area contributed by atoms with Crippen LogP contribution in [0.3, 0.4) is 0 Å². The molecular weight excluding hydrogens is 358 g/mol. The Hall–Kier alpha value is -0.390. The minimum absolute atomic E-state index is 0. The minimum Gasteiger partial charge on any atom is -0.379 e. The molecule has 1 aromatic heterocycles. The van der Waals surface area contributed by atoms with E-state index in [1.165, 1.54) is 19.8 Å². The molecule has 108 valence electrons. The number of morpholine rings is 1.